The third kappa shape index (κ3) is 6.75. The number of ether oxygens (including phenoxy) is 1. The van der Waals surface area contributed by atoms with Gasteiger partial charge in [-0.25, -0.2) is 0 Å². The molecule has 0 aliphatic carbocycles. The molecule has 0 radical (unpaired) electrons. The van der Waals surface area contributed by atoms with Gasteiger partial charge in [0.05, 0.1) is 0 Å². The van der Waals surface area contributed by atoms with Crippen molar-refractivity contribution >= 4 is 17.5 Å². The van der Waals surface area contributed by atoms with Crippen LogP contribution in [0.5, 0.6) is 5.75 Å². The van der Waals surface area contributed by atoms with E-state index in [2.05, 4.69) is 5.32 Å². The van der Waals surface area contributed by atoms with E-state index in [4.69, 9.17) is 16.2 Å². The zero-order valence-corrected chi connectivity index (χ0v) is 11.6. The van der Waals surface area contributed by atoms with Crippen molar-refractivity contribution in [2.45, 2.75) is 32.2 Å². The molecule has 1 aromatic rings. The van der Waals surface area contributed by atoms with Crippen molar-refractivity contribution in [1.82, 2.24) is 0 Å². The Morgan fingerprint density at radius 2 is 2.15 bits per heavy atom. The Morgan fingerprint density at radius 1 is 1.40 bits per heavy atom. The second-order valence-electron chi connectivity index (χ2n) is 4.70. The van der Waals surface area contributed by atoms with Crippen molar-refractivity contribution < 1.29 is 14.3 Å². The minimum absolute atomic E-state index is 0.0716. The van der Waals surface area contributed by atoms with Gasteiger partial charge in [0, 0.05) is 24.2 Å². The van der Waals surface area contributed by atoms with Gasteiger partial charge in [0.1, 0.15) is 5.75 Å². The van der Waals surface area contributed by atoms with Gasteiger partial charge >= 0.3 is 0 Å². The molecular formula is C14H21N3O3. The number of nitrogens with two attached hydrogens (primary N) is 2. The summed E-state index contributed by atoms with van der Waals surface area (Å²) in [5.41, 5.74) is 11.2. The summed E-state index contributed by atoms with van der Waals surface area (Å²) in [7, 11) is 0. The van der Waals surface area contributed by atoms with Gasteiger partial charge in [0.15, 0.2) is 6.61 Å². The lowest BCUT2D eigenvalue weighted by atomic mass is 10.1. The molecule has 1 rings (SSSR count). The number of rotatable bonds is 8. The van der Waals surface area contributed by atoms with Crippen LogP contribution in [0.2, 0.25) is 0 Å². The molecule has 0 heterocycles. The summed E-state index contributed by atoms with van der Waals surface area (Å²) in [4.78, 5) is 22.3. The Morgan fingerprint density at radius 3 is 2.80 bits per heavy atom. The molecule has 0 saturated carbocycles. The number of amides is 2. The number of hydrogen-bond acceptors (Lipinski definition) is 4. The molecule has 110 valence electrons. The SMILES string of the molecule is CC(N)CCCC(=O)Nc1cccc(OCC(N)=O)c1. The van der Waals surface area contributed by atoms with E-state index in [9.17, 15) is 9.59 Å². The monoisotopic (exact) mass is 279 g/mol. The van der Waals surface area contributed by atoms with Crippen molar-refractivity contribution in [3.05, 3.63) is 24.3 Å². The molecule has 1 atom stereocenters. The molecular weight excluding hydrogens is 258 g/mol. The summed E-state index contributed by atoms with van der Waals surface area (Å²) < 4.78 is 5.16. The summed E-state index contributed by atoms with van der Waals surface area (Å²) in [6.07, 6.45) is 1.99. The van der Waals surface area contributed by atoms with E-state index in [0.717, 1.165) is 12.8 Å². The van der Waals surface area contributed by atoms with Gasteiger partial charge < -0.3 is 21.5 Å². The Bertz CT molecular complexity index is 461. The molecule has 6 nitrogen and oxygen atoms in total. The smallest absolute Gasteiger partial charge is 0.255 e. The summed E-state index contributed by atoms with van der Waals surface area (Å²) in [6.45, 7) is 1.73. The first-order chi connectivity index (χ1) is 9.47. The van der Waals surface area contributed by atoms with Crippen LogP contribution in [0.3, 0.4) is 0 Å². The zero-order valence-electron chi connectivity index (χ0n) is 11.6. The number of nitrogens with one attached hydrogen (secondary N) is 1. The molecule has 20 heavy (non-hydrogen) atoms. The third-order valence-electron chi connectivity index (χ3n) is 2.56. The van der Waals surface area contributed by atoms with Crippen molar-refractivity contribution in [2.24, 2.45) is 11.5 Å². The Labute approximate surface area is 118 Å². The fourth-order valence-corrected chi connectivity index (χ4v) is 1.63. The number of primary amides is 1. The molecule has 0 saturated heterocycles. The molecule has 6 heteroatoms. The van der Waals surface area contributed by atoms with Gasteiger partial charge in [-0.1, -0.05) is 6.07 Å². The van der Waals surface area contributed by atoms with Crippen molar-refractivity contribution in [3.63, 3.8) is 0 Å². The Hall–Kier alpha value is -2.08. The van der Waals surface area contributed by atoms with Crippen LogP contribution in [0.25, 0.3) is 0 Å². The zero-order chi connectivity index (χ0) is 15.0. The topological polar surface area (TPSA) is 107 Å². The highest BCUT2D eigenvalue weighted by Crippen LogP contribution is 2.17. The van der Waals surface area contributed by atoms with E-state index in [0.29, 0.717) is 17.9 Å². The average molecular weight is 279 g/mol. The Balaban J connectivity index is 2.44. The van der Waals surface area contributed by atoms with Gasteiger partial charge in [0.2, 0.25) is 5.91 Å². The summed E-state index contributed by atoms with van der Waals surface area (Å²) >= 11 is 0. The van der Waals surface area contributed by atoms with E-state index in [1.165, 1.54) is 0 Å². The minimum atomic E-state index is -0.546. The molecule has 5 N–H and O–H groups in total. The van der Waals surface area contributed by atoms with Crippen LogP contribution in [0.15, 0.2) is 24.3 Å². The highest BCUT2D eigenvalue weighted by atomic mass is 16.5. The van der Waals surface area contributed by atoms with Crippen LogP contribution in [-0.4, -0.2) is 24.5 Å². The molecule has 0 aliphatic rings. The lowest BCUT2D eigenvalue weighted by Gasteiger charge is -2.08. The van der Waals surface area contributed by atoms with Crippen LogP contribution in [0, 0.1) is 0 Å². The van der Waals surface area contributed by atoms with Gasteiger partial charge in [-0.15, -0.1) is 0 Å². The first-order valence-corrected chi connectivity index (χ1v) is 6.54. The normalized spacial score (nSPS) is 11.7. The van der Waals surface area contributed by atoms with E-state index in [1.54, 1.807) is 24.3 Å². The van der Waals surface area contributed by atoms with E-state index in [-0.39, 0.29) is 18.6 Å². The van der Waals surface area contributed by atoms with Gasteiger partial charge in [-0.3, -0.25) is 9.59 Å². The molecule has 0 bridgehead atoms. The standard InChI is InChI=1S/C14H21N3O3/c1-10(15)4-2-7-14(19)17-11-5-3-6-12(8-11)20-9-13(16)18/h3,5-6,8,10H,2,4,7,9,15H2,1H3,(H2,16,18)(H,17,19). The fourth-order valence-electron chi connectivity index (χ4n) is 1.63. The molecule has 0 aromatic heterocycles. The summed E-state index contributed by atoms with van der Waals surface area (Å²) in [6, 6.07) is 6.92. The largest absolute Gasteiger partial charge is 0.484 e. The number of hydrogen-bond donors (Lipinski definition) is 3. The van der Waals surface area contributed by atoms with Crippen molar-refractivity contribution in [3.8, 4) is 5.75 Å². The number of carbonyl (C=O) groups is 2. The first-order valence-electron chi connectivity index (χ1n) is 6.54. The maximum Gasteiger partial charge on any atom is 0.255 e. The number of benzene rings is 1. The molecule has 0 aliphatic heterocycles. The fraction of sp³-hybridized carbons (Fsp3) is 0.429. The predicted molar refractivity (Wildman–Crippen MR) is 77.3 cm³/mol. The molecule has 2 amide bonds. The summed E-state index contributed by atoms with van der Waals surface area (Å²) in [5.74, 6) is -0.134. The average Bonchev–Trinajstić information content (AvgIpc) is 2.36. The van der Waals surface area contributed by atoms with E-state index in [1.807, 2.05) is 6.92 Å². The van der Waals surface area contributed by atoms with Crippen molar-refractivity contribution in [2.75, 3.05) is 11.9 Å². The minimum Gasteiger partial charge on any atom is -0.484 e. The third-order valence-corrected chi connectivity index (χ3v) is 2.56. The number of anilines is 1. The van der Waals surface area contributed by atoms with E-state index >= 15 is 0 Å². The molecule has 1 aromatic carbocycles. The lowest BCUT2D eigenvalue weighted by Crippen LogP contribution is -2.20. The Kier molecular flexibility index (Phi) is 6.52. The second-order valence-corrected chi connectivity index (χ2v) is 4.70. The first kappa shape index (κ1) is 16.0. The van der Waals surface area contributed by atoms with Crippen LogP contribution < -0.4 is 21.5 Å². The predicted octanol–water partition coefficient (Wildman–Crippen LogP) is 1.01. The second kappa shape index (κ2) is 8.16. The van der Waals surface area contributed by atoms with Crippen LogP contribution in [-0.2, 0) is 9.59 Å². The molecule has 0 fully saturated rings. The molecule has 1 unspecified atom stereocenters. The maximum absolute atomic E-state index is 11.7. The van der Waals surface area contributed by atoms with E-state index < -0.39 is 5.91 Å². The maximum atomic E-state index is 11.7. The van der Waals surface area contributed by atoms with Crippen molar-refractivity contribution in [1.29, 1.82) is 0 Å². The lowest BCUT2D eigenvalue weighted by molar-refractivity contribution is -0.120. The molecule has 0 spiro atoms. The van der Waals surface area contributed by atoms with Crippen LogP contribution >= 0.6 is 0 Å². The highest BCUT2D eigenvalue weighted by molar-refractivity contribution is 5.90. The van der Waals surface area contributed by atoms with Gasteiger partial charge in [-0.2, -0.15) is 0 Å². The summed E-state index contributed by atoms with van der Waals surface area (Å²) in [5, 5.41) is 2.77. The van der Waals surface area contributed by atoms with Gasteiger partial charge in [-0.05, 0) is 31.9 Å². The quantitative estimate of drug-likeness (QED) is 0.660. The number of carbonyl (C=O) groups excluding carboxylic acids is 2. The van der Waals surface area contributed by atoms with Crippen LogP contribution in [0.4, 0.5) is 5.69 Å². The van der Waals surface area contributed by atoms with Crippen LogP contribution in [0.1, 0.15) is 26.2 Å². The van der Waals surface area contributed by atoms with Gasteiger partial charge in [0.25, 0.3) is 5.91 Å². The highest BCUT2D eigenvalue weighted by Gasteiger charge is 2.05.